The summed E-state index contributed by atoms with van der Waals surface area (Å²) in [5.41, 5.74) is 6.73. The van der Waals surface area contributed by atoms with Crippen molar-refractivity contribution in [3.05, 3.63) is 95.4 Å². The number of benzene rings is 3. The quantitative estimate of drug-likeness (QED) is 0.258. The van der Waals surface area contributed by atoms with Gasteiger partial charge in [0.15, 0.2) is 11.0 Å². The van der Waals surface area contributed by atoms with Crippen molar-refractivity contribution in [1.29, 1.82) is 0 Å². The highest BCUT2D eigenvalue weighted by atomic mass is 32.2. The van der Waals surface area contributed by atoms with Crippen LogP contribution >= 0.6 is 11.8 Å². The van der Waals surface area contributed by atoms with Crippen LogP contribution in [0.15, 0.2) is 78.2 Å². The number of urea groups is 1. The lowest BCUT2D eigenvalue weighted by molar-refractivity contribution is -0.274. The number of hydrogen-bond acceptors (Lipinski definition) is 5. The molecule has 2 amide bonds. The first-order valence-electron chi connectivity index (χ1n) is 13.0. The fourth-order valence-corrected chi connectivity index (χ4v) is 5.63. The number of aryl methyl sites for hydroxylation is 3. The molecule has 0 spiro atoms. The number of anilines is 1. The zero-order valence-corrected chi connectivity index (χ0v) is 23.8. The number of aromatic nitrogens is 3. The van der Waals surface area contributed by atoms with Crippen LogP contribution in [0.1, 0.15) is 22.3 Å². The Hall–Kier alpha value is -4.58. The number of thioether (sulfide) groups is 1. The summed E-state index contributed by atoms with van der Waals surface area (Å²) in [4.78, 5) is 23.3. The first-order valence-corrected chi connectivity index (χ1v) is 14.0. The van der Waals surface area contributed by atoms with E-state index in [0.29, 0.717) is 16.7 Å². The first kappa shape index (κ1) is 28.9. The van der Waals surface area contributed by atoms with E-state index in [1.54, 1.807) is 24.0 Å². The van der Waals surface area contributed by atoms with E-state index in [0.717, 1.165) is 40.2 Å². The number of ether oxygens (including phenoxy) is 1. The molecule has 3 aromatic carbocycles. The molecule has 2 heterocycles. The van der Waals surface area contributed by atoms with Gasteiger partial charge in [0, 0.05) is 29.7 Å². The van der Waals surface area contributed by atoms with Gasteiger partial charge in [0.05, 0.1) is 5.69 Å². The van der Waals surface area contributed by atoms with Gasteiger partial charge in [0.2, 0.25) is 0 Å². The predicted octanol–water partition coefficient (Wildman–Crippen LogP) is 7.05. The molecule has 0 unspecified atom stereocenters. The number of nitrogens with one attached hydrogen (secondary N) is 1. The van der Waals surface area contributed by atoms with Crippen LogP contribution in [-0.4, -0.2) is 44.6 Å². The number of hydrogen-bond donors (Lipinski definition) is 1. The maximum absolute atomic E-state index is 12.6. The molecule has 216 valence electrons. The van der Waals surface area contributed by atoms with E-state index in [1.807, 2.05) is 24.3 Å². The van der Waals surface area contributed by atoms with Gasteiger partial charge in [-0.25, -0.2) is 14.5 Å². The monoisotopic (exact) mass is 592 g/mol. The molecule has 1 aromatic heterocycles. The Labute approximate surface area is 244 Å². The maximum atomic E-state index is 12.6. The fourth-order valence-electron chi connectivity index (χ4n) is 4.69. The molecule has 0 aliphatic carbocycles. The minimum atomic E-state index is -4.75. The van der Waals surface area contributed by atoms with Gasteiger partial charge in [-0.1, -0.05) is 53.7 Å². The number of amidine groups is 1. The van der Waals surface area contributed by atoms with Crippen LogP contribution in [0, 0.1) is 20.8 Å². The Balaban J connectivity index is 1.19. The van der Waals surface area contributed by atoms with Gasteiger partial charge < -0.3 is 15.0 Å². The third-order valence-electron chi connectivity index (χ3n) is 6.36. The minimum absolute atomic E-state index is 0.314. The van der Waals surface area contributed by atoms with E-state index in [9.17, 15) is 18.0 Å². The molecule has 0 bridgehead atoms. The van der Waals surface area contributed by atoms with E-state index in [1.165, 1.54) is 40.8 Å². The molecular formula is C30H27F3N6O2S. The number of halogens is 3. The van der Waals surface area contributed by atoms with E-state index >= 15 is 0 Å². The average Bonchev–Trinajstić information content (AvgIpc) is 3.59. The van der Waals surface area contributed by atoms with E-state index < -0.39 is 12.4 Å². The Morgan fingerprint density at radius 3 is 2.40 bits per heavy atom. The summed E-state index contributed by atoms with van der Waals surface area (Å²) >= 11 is 1.56. The van der Waals surface area contributed by atoms with Crippen LogP contribution in [0.4, 0.5) is 23.7 Å². The second-order valence-corrected chi connectivity index (χ2v) is 10.7. The zero-order chi connectivity index (χ0) is 29.9. The molecule has 1 N–H and O–H groups in total. The van der Waals surface area contributed by atoms with Gasteiger partial charge in [-0.15, -0.1) is 18.3 Å². The molecule has 1 aliphatic rings. The van der Waals surface area contributed by atoms with Crippen LogP contribution in [-0.2, 0) is 0 Å². The van der Waals surface area contributed by atoms with Gasteiger partial charge in [-0.3, -0.25) is 0 Å². The molecule has 0 saturated carbocycles. The molecule has 0 radical (unpaired) electrons. The van der Waals surface area contributed by atoms with Crippen LogP contribution < -0.4 is 15.0 Å². The molecule has 1 fully saturated rings. The Morgan fingerprint density at radius 2 is 1.74 bits per heavy atom. The van der Waals surface area contributed by atoms with Crippen molar-refractivity contribution in [3.63, 3.8) is 0 Å². The molecule has 5 rings (SSSR count). The number of alkyl halides is 3. The number of amides is 2. The van der Waals surface area contributed by atoms with Gasteiger partial charge in [-0.2, -0.15) is 4.99 Å². The number of aliphatic imine (C=N–C) groups is 1. The Bertz CT molecular complexity index is 1620. The maximum Gasteiger partial charge on any atom is 0.573 e. The predicted molar refractivity (Wildman–Crippen MR) is 159 cm³/mol. The standard InChI is InChI=1S/C30H27F3N6O2S/c1-19-16-20(2)26(21(3)17-19)38-14-15-42-29(38)36-28(40)34-13-12-22-4-6-23(7-5-22)27-35-18-39(37-27)24-8-10-25(11-9-24)41-30(31,32)33/h4-13,16-18H,14-15H2,1-3H3,(H,34,40)/b13-12+,36-29?. The second-order valence-electron chi connectivity index (χ2n) is 9.60. The lowest BCUT2D eigenvalue weighted by Crippen LogP contribution is -2.27. The lowest BCUT2D eigenvalue weighted by atomic mass is 10.0. The van der Waals surface area contributed by atoms with E-state index in [2.05, 4.69) is 62.9 Å². The minimum Gasteiger partial charge on any atom is -0.406 e. The lowest BCUT2D eigenvalue weighted by Gasteiger charge is -2.23. The summed E-state index contributed by atoms with van der Waals surface area (Å²) in [5.74, 6) is 0.991. The highest BCUT2D eigenvalue weighted by molar-refractivity contribution is 8.14. The third kappa shape index (κ3) is 7.00. The number of carbonyl (C=O) groups is 1. The molecule has 42 heavy (non-hydrogen) atoms. The van der Waals surface area contributed by atoms with E-state index in [-0.39, 0.29) is 5.75 Å². The number of nitrogens with zero attached hydrogens (tertiary/aromatic N) is 5. The smallest absolute Gasteiger partial charge is 0.406 e. The van der Waals surface area contributed by atoms with Crippen LogP contribution in [0.3, 0.4) is 0 Å². The zero-order valence-electron chi connectivity index (χ0n) is 23.0. The first-order chi connectivity index (χ1) is 20.1. The molecule has 1 saturated heterocycles. The highest BCUT2D eigenvalue weighted by Crippen LogP contribution is 2.32. The van der Waals surface area contributed by atoms with Gasteiger partial charge in [-0.05, 0) is 67.8 Å². The molecule has 1 aliphatic heterocycles. The second kappa shape index (κ2) is 12.1. The van der Waals surface area contributed by atoms with Crippen LogP contribution in [0.2, 0.25) is 0 Å². The van der Waals surface area contributed by atoms with Crippen molar-refractivity contribution in [2.24, 2.45) is 4.99 Å². The molecule has 0 atom stereocenters. The van der Waals surface area contributed by atoms with Gasteiger partial charge in [0.1, 0.15) is 12.1 Å². The summed E-state index contributed by atoms with van der Waals surface area (Å²) in [7, 11) is 0. The SMILES string of the molecule is Cc1cc(C)c(N2CCSC2=NC(=O)N/C=C/c2ccc(-c3ncn(-c4ccc(OC(F)(F)F)cc4)n3)cc2)c(C)c1. The van der Waals surface area contributed by atoms with Crippen molar-refractivity contribution < 1.29 is 22.7 Å². The number of rotatable bonds is 6. The number of carbonyl (C=O) groups excluding carboxylic acids is 1. The highest BCUT2D eigenvalue weighted by Gasteiger charge is 2.31. The summed E-state index contributed by atoms with van der Waals surface area (Å²) in [6.45, 7) is 7.01. The summed E-state index contributed by atoms with van der Waals surface area (Å²) in [6.07, 6.45) is 0.0322. The third-order valence-corrected chi connectivity index (χ3v) is 7.31. The van der Waals surface area contributed by atoms with Gasteiger partial charge >= 0.3 is 12.4 Å². The van der Waals surface area contributed by atoms with E-state index in [4.69, 9.17) is 0 Å². The van der Waals surface area contributed by atoms with Crippen LogP contribution in [0.5, 0.6) is 5.75 Å². The normalized spacial score (nSPS) is 14.6. The fraction of sp³-hybridized carbons (Fsp3) is 0.200. The topological polar surface area (TPSA) is 84.6 Å². The van der Waals surface area contributed by atoms with Crippen molar-refractivity contribution in [2.45, 2.75) is 27.1 Å². The largest absolute Gasteiger partial charge is 0.573 e. The summed E-state index contributed by atoms with van der Waals surface area (Å²) in [6, 6.07) is 16.5. The van der Waals surface area contributed by atoms with Gasteiger partial charge in [0.25, 0.3) is 0 Å². The van der Waals surface area contributed by atoms with Crippen molar-refractivity contribution >= 4 is 34.7 Å². The Morgan fingerprint density at radius 1 is 1.05 bits per heavy atom. The van der Waals surface area contributed by atoms with Crippen molar-refractivity contribution in [3.8, 4) is 22.8 Å². The molecular weight excluding hydrogens is 565 g/mol. The molecule has 8 nitrogen and oxygen atoms in total. The Kier molecular flexibility index (Phi) is 8.34. The summed E-state index contributed by atoms with van der Waals surface area (Å²) in [5, 5.41) is 7.79. The molecule has 4 aromatic rings. The average molecular weight is 593 g/mol. The molecule has 12 heteroatoms. The van der Waals surface area contributed by atoms with Crippen molar-refractivity contribution in [1.82, 2.24) is 20.1 Å². The summed E-state index contributed by atoms with van der Waals surface area (Å²) < 4.78 is 42.5. The van der Waals surface area contributed by atoms with Crippen molar-refractivity contribution in [2.75, 3.05) is 17.2 Å². The van der Waals surface area contributed by atoms with Crippen LogP contribution in [0.25, 0.3) is 23.2 Å².